The summed E-state index contributed by atoms with van der Waals surface area (Å²) in [5, 5.41) is 6.20. The Morgan fingerprint density at radius 1 is 1.24 bits per heavy atom. The second kappa shape index (κ2) is 7.33. The van der Waals surface area contributed by atoms with Crippen molar-refractivity contribution in [3.8, 4) is 5.75 Å². The summed E-state index contributed by atoms with van der Waals surface area (Å²) >= 11 is 9.17. The van der Waals surface area contributed by atoms with Gasteiger partial charge < -0.3 is 15.4 Å². The summed E-state index contributed by atoms with van der Waals surface area (Å²) in [5.74, 6) is 0.597. The molecule has 0 heterocycles. The Balaban J connectivity index is 1.95. The Labute approximate surface area is 136 Å². The molecule has 2 aromatic rings. The molecule has 6 heteroatoms. The van der Waals surface area contributed by atoms with Gasteiger partial charge in [0, 0.05) is 16.0 Å². The number of anilines is 1. The zero-order chi connectivity index (χ0) is 15.2. The molecule has 21 heavy (non-hydrogen) atoms. The Kier molecular flexibility index (Phi) is 5.47. The summed E-state index contributed by atoms with van der Waals surface area (Å²) in [5.41, 5.74) is 1.57. The van der Waals surface area contributed by atoms with Gasteiger partial charge in [0.05, 0.1) is 12.8 Å². The Morgan fingerprint density at radius 2 is 1.95 bits per heavy atom. The van der Waals surface area contributed by atoms with Crippen LogP contribution in [0.4, 0.5) is 10.5 Å². The van der Waals surface area contributed by atoms with Gasteiger partial charge in [-0.05, 0) is 35.9 Å². The molecule has 110 valence electrons. The van der Waals surface area contributed by atoms with E-state index in [-0.39, 0.29) is 6.03 Å². The van der Waals surface area contributed by atoms with Gasteiger partial charge in [-0.2, -0.15) is 0 Å². The summed E-state index contributed by atoms with van der Waals surface area (Å²) in [6, 6.07) is 12.4. The van der Waals surface area contributed by atoms with E-state index in [9.17, 15) is 4.79 Å². The predicted octanol–water partition coefficient (Wildman–Crippen LogP) is 4.43. The number of hydrogen-bond acceptors (Lipinski definition) is 2. The summed E-state index contributed by atoms with van der Waals surface area (Å²) in [4.78, 5) is 11.9. The summed E-state index contributed by atoms with van der Waals surface area (Å²) < 4.78 is 6.06. The molecule has 0 fully saturated rings. The Bertz CT molecular complexity index is 632. The lowest BCUT2D eigenvalue weighted by atomic mass is 10.2. The van der Waals surface area contributed by atoms with Crippen LogP contribution in [0.1, 0.15) is 5.56 Å². The lowest BCUT2D eigenvalue weighted by molar-refractivity contribution is 0.251. The molecule has 2 N–H and O–H groups in total. The molecule has 0 bridgehead atoms. The van der Waals surface area contributed by atoms with Crippen molar-refractivity contribution < 1.29 is 9.53 Å². The molecule has 2 aromatic carbocycles. The van der Waals surface area contributed by atoms with E-state index in [4.69, 9.17) is 16.3 Å². The predicted molar refractivity (Wildman–Crippen MR) is 88.0 cm³/mol. The normalized spacial score (nSPS) is 10.0. The number of hydrogen-bond donors (Lipinski definition) is 2. The van der Waals surface area contributed by atoms with E-state index < -0.39 is 0 Å². The third kappa shape index (κ3) is 4.65. The average molecular weight is 370 g/mol. The lowest BCUT2D eigenvalue weighted by Gasteiger charge is -2.11. The van der Waals surface area contributed by atoms with Gasteiger partial charge in [0.1, 0.15) is 5.75 Å². The molecule has 0 saturated carbocycles. The number of rotatable bonds is 4. The minimum absolute atomic E-state index is 0.304. The van der Waals surface area contributed by atoms with Gasteiger partial charge in [-0.15, -0.1) is 0 Å². The fourth-order valence-electron chi connectivity index (χ4n) is 1.73. The summed E-state index contributed by atoms with van der Waals surface area (Å²) in [6.45, 7) is 0.416. The number of methoxy groups -OCH3 is 1. The standard InChI is InChI=1S/C15H14BrClN2O2/c1-21-14-7-4-11(16)8-13(14)19-15(20)18-9-10-2-5-12(17)6-3-10/h2-8H,9H2,1H3,(H2,18,19,20). The molecule has 4 nitrogen and oxygen atoms in total. The van der Waals surface area contributed by atoms with Crippen molar-refractivity contribution in [2.24, 2.45) is 0 Å². The van der Waals surface area contributed by atoms with Crippen LogP contribution in [0.25, 0.3) is 0 Å². The Morgan fingerprint density at radius 3 is 2.62 bits per heavy atom. The Hall–Kier alpha value is -1.72. The molecule has 2 amide bonds. The van der Waals surface area contributed by atoms with Gasteiger partial charge in [0.25, 0.3) is 0 Å². The summed E-state index contributed by atoms with van der Waals surface area (Å²) in [7, 11) is 1.56. The first-order chi connectivity index (χ1) is 10.1. The number of amides is 2. The molecule has 2 rings (SSSR count). The molecule has 0 saturated heterocycles. The van der Waals surface area contributed by atoms with Gasteiger partial charge in [0.15, 0.2) is 0 Å². The maximum atomic E-state index is 11.9. The minimum atomic E-state index is -0.304. The quantitative estimate of drug-likeness (QED) is 0.837. The fraction of sp³-hybridized carbons (Fsp3) is 0.133. The highest BCUT2D eigenvalue weighted by Crippen LogP contribution is 2.27. The van der Waals surface area contributed by atoms with Gasteiger partial charge >= 0.3 is 6.03 Å². The van der Waals surface area contributed by atoms with Crippen molar-refractivity contribution in [3.63, 3.8) is 0 Å². The molecule has 0 aliphatic carbocycles. The van der Waals surface area contributed by atoms with Gasteiger partial charge in [0.2, 0.25) is 0 Å². The number of carbonyl (C=O) groups is 1. The second-order valence-electron chi connectivity index (χ2n) is 4.28. The molecule has 0 unspecified atom stereocenters. The SMILES string of the molecule is COc1ccc(Br)cc1NC(=O)NCc1ccc(Cl)cc1. The number of ether oxygens (including phenoxy) is 1. The fourth-order valence-corrected chi connectivity index (χ4v) is 2.22. The van der Waals surface area contributed by atoms with Crippen molar-refractivity contribution in [3.05, 3.63) is 57.5 Å². The lowest BCUT2D eigenvalue weighted by Crippen LogP contribution is -2.28. The third-order valence-electron chi connectivity index (χ3n) is 2.78. The van der Waals surface area contributed by atoms with Crippen molar-refractivity contribution in [2.45, 2.75) is 6.54 Å². The van der Waals surface area contributed by atoms with Crippen LogP contribution >= 0.6 is 27.5 Å². The highest BCUT2D eigenvalue weighted by molar-refractivity contribution is 9.10. The van der Waals surface area contributed by atoms with Crippen LogP contribution in [-0.4, -0.2) is 13.1 Å². The number of carbonyl (C=O) groups excluding carboxylic acids is 1. The zero-order valence-corrected chi connectivity index (χ0v) is 13.7. The smallest absolute Gasteiger partial charge is 0.319 e. The van der Waals surface area contributed by atoms with Crippen molar-refractivity contribution in [1.29, 1.82) is 0 Å². The van der Waals surface area contributed by atoms with Crippen molar-refractivity contribution in [1.82, 2.24) is 5.32 Å². The van der Waals surface area contributed by atoms with E-state index in [1.165, 1.54) is 0 Å². The van der Waals surface area contributed by atoms with Crippen LogP contribution in [0, 0.1) is 0 Å². The largest absolute Gasteiger partial charge is 0.495 e. The maximum Gasteiger partial charge on any atom is 0.319 e. The third-order valence-corrected chi connectivity index (χ3v) is 3.52. The molecule has 0 aliphatic heterocycles. The second-order valence-corrected chi connectivity index (χ2v) is 5.63. The van der Waals surface area contributed by atoms with Gasteiger partial charge in [-0.25, -0.2) is 4.79 Å². The van der Waals surface area contributed by atoms with Crippen LogP contribution in [-0.2, 0) is 6.54 Å². The van der Waals surface area contributed by atoms with Gasteiger partial charge in [-0.3, -0.25) is 0 Å². The average Bonchev–Trinajstić information content (AvgIpc) is 2.47. The number of halogens is 2. The van der Waals surface area contributed by atoms with E-state index >= 15 is 0 Å². The monoisotopic (exact) mass is 368 g/mol. The van der Waals surface area contributed by atoms with Crippen molar-refractivity contribution >= 4 is 39.2 Å². The molecule has 0 aromatic heterocycles. The van der Waals surface area contributed by atoms with E-state index in [0.29, 0.717) is 23.0 Å². The number of nitrogens with one attached hydrogen (secondary N) is 2. The summed E-state index contributed by atoms with van der Waals surface area (Å²) in [6.07, 6.45) is 0. The van der Waals surface area contributed by atoms with Crippen LogP contribution in [0.2, 0.25) is 5.02 Å². The first-order valence-corrected chi connectivity index (χ1v) is 7.38. The zero-order valence-electron chi connectivity index (χ0n) is 11.3. The molecular formula is C15H14BrClN2O2. The van der Waals surface area contributed by atoms with E-state index in [1.54, 1.807) is 31.4 Å². The highest BCUT2D eigenvalue weighted by atomic mass is 79.9. The molecule has 0 spiro atoms. The first-order valence-electron chi connectivity index (χ1n) is 6.21. The molecular weight excluding hydrogens is 356 g/mol. The van der Waals surface area contributed by atoms with Crippen LogP contribution in [0.5, 0.6) is 5.75 Å². The molecule has 0 atom stereocenters. The number of benzene rings is 2. The van der Waals surface area contributed by atoms with E-state index in [1.807, 2.05) is 18.2 Å². The highest BCUT2D eigenvalue weighted by Gasteiger charge is 2.07. The minimum Gasteiger partial charge on any atom is -0.495 e. The van der Waals surface area contributed by atoms with Crippen LogP contribution in [0.15, 0.2) is 46.9 Å². The topological polar surface area (TPSA) is 50.4 Å². The number of urea groups is 1. The van der Waals surface area contributed by atoms with E-state index in [0.717, 1.165) is 10.0 Å². The maximum absolute atomic E-state index is 11.9. The first kappa shape index (κ1) is 15.7. The van der Waals surface area contributed by atoms with Crippen molar-refractivity contribution in [2.75, 3.05) is 12.4 Å². The van der Waals surface area contributed by atoms with Crippen LogP contribution < -0.4 is 15.4 Å². The molecule has 0 radical (unpaired) electrons. The molecule has 0 aliphatic rings. The van der Waals surface area contributed by atoms with E-state index in [2.05, 4.69) is 26.6 Å². The van der Waals surface area contributed by atoms with Crippen LogP contribution in [0.3, 0.4) is 0 Å². The van der Waals surface area contributed by atoms with Gasteiger partial charge in [-0.1, -0.05) is 39.7 Å².